The van der Waals surface area contributed by atoms with Crippen LogP contribution in [-0.4, -0.2) is 44.9 Å². The van der Waals surface area contributed by atoms with Gasteiger partial charge in [-0.25, -0.2) is 0 Å². The van der Waals surface area contributed by atoms with Crippen LogP contribution in [0.4, 0.5) is 0 Å². The van der Waals surface area contributed by atoms with E-state index in [0.717, 1.165) is 0 Å². The summed E-state index contributed by atoms with van der Waals surface area (Å²) in [5.74, 6) is -0.172. The average molecular weight is 174 g/mol. The molecule has 12 heavy (non-hydrogen) atoms. The monoisotopic (exact) mass is 174 g/mol. The molecular formula is C8H18N2O2. The Morgan fingerprint density at radius 3 is 2.42 bits per heavy atom. The zero-order chi connectivity index (χ0) is 9.61. The topological polar surface area (TPSA) is 40.4 Å². The van der Waals surface area contributed by atoms with Crippen molar-refractivity contribution in [2.45, 2.75) is 13.3 Å². The Balaban J connectivity index is 3.37. The number of quaternary nitrogens is 1. The Morgan fingerprint density at radius 2 is 2.00 bits per heavy atom. The van der Waals surface area contributed by atoms with Gasteiger partial charge in [-0.2, -0.15) is 0 Å². The Hall–Kier alpha value is -0.610. The first kappa shape index (κ1) is 11.4. The second-order valence-electron chi connectivity index (χ2n) is 3.36. The van der Waals surface area contributed by atoms with Crippen molar-refractivity contribution in [2.75, 3.05) is 34.3 Å². The van der Waals surface area contributed by atoms with Gasteiger partial charge in [-0.05, 0) is 6.92 Å². The fourth-order valence-electron chi connectivity index (χ4n) is 0.674. The predicted molar refractivity (Wildman–Crippen MR) is 47.5 cm³/mol. The van der Waals surface area contributed by atoms with Gasteiger partial charge in [0, 0.05) is 6.42 Å². The van der Waals surface area contributed by atoms with Gasteiger partial charge >= 0.3 is 5.97 Å². The van der Waals surface area contributed by atoms with Crippen molar-refractivity contribution in [3.63, 3.8) is 0 Å². The van der Waals surface area contributed by atoms with Crippen LogP contribution in [0, 0.1) is 0 Å². The van der Waals surface area contributed by atoms with E-state index in [4.69, 9.17) is 4.74 Å². The van der Waals surface area contributed by atoms with Crippen molar-refractivity contribution in [1.82, 2.24) is 0 Å². The van der Waals surface area contributed by atoms with Crippen molar-refractivity contribution in [3.8, 4) is 0 Å². The van der Waals surface area contributed by atoms with E-state index in [-0.39, 0.29) is 5.97 Å². The highest BCUT2D eigenvalue weighted by Crippen LogP contribution is 2.02. The lowest BCUT2D eigenvalue weighted by molar-refractivity contribution is -0.833. The summed E-state index contributed by atoms with van der Waals surface area (Å²) in [7, 11) is 5.85. The van der Waals surface area contributed by atoms with Crippen LogP contribution in [0.3, 0.4) is 0 Å². The summed E-state index contributed by atoms with van der Waals surface area (Å²) >= 11 is 0. The van der Waals surface area contributed by atoms with Crippen LogP contribution in [-0.2, 0) is 9.53 Å². The highest BCUT2D eigenvalue weighted by Gasteiger charge is 1.99. The van der Waals surface area contributed by atoms with Crippen molar-refractivity contribution in [2.24, 2.45) is 0 Å². The molecule has 0 aromatic heterocycles. The molecule has 4 heteroatoms. The molecule has 0 radical (unpaired) electrons. The molecule has 4 nitrogen and oxygen atoms in total. The molecule has 0 rings (SSSR count). The molecule has 0 unspecified atom stereocenters. The largest absolute Gasteiger partial charge is 0.466 e. The molecule has 0 aromatic rings. The molecule has 0 aliphatic carbocycles. The standard InChI is InChI=1S/C8H18N2O2/c1-5-12-8(11)6-7-9-10(2,3)4/h5-7H2,1-4H3. The SMILES string of the molecule is CCOC(=O)CC[N-][N+](C)(C)C. The molecule has 0 saturated carbocycles. The molecule has 0 saturated heterocycles. The van der Waals surface area contributed by atoms with Gasteiger partial charge < -0.3 is 14.8 Å². The first-order valence-corrected chi connectivity index (χ1v) is 4.12. The summed E-state index contributed by atoms with van der Waals surface area (Å²) in [5.41, 5.74) is 4.22. The quantitative estimate of drug-likeness (QED) is 0.353. The average Bonchev–Trinajstić information content (AvgIpc) is 1.84. The number of carbonyl (C=O) groups is 1. The molecule has 0 spiro atoms. The third kappa shape index (κ3) is 7.50. The van der Waals surface area contributed by atoms with Crippen LogP contribution in [0.25, 0.3) is 5.43 Å². The van der Waals surface area contributed by atoms with Gasteiger partial charge in [-0.3, -0.25) is 4.79 Å². The number of hydrogen-bond acceptors (Lipinski definition) is 2. The minimum Gasteiger partial charge on any atom is -0.466 e. The summed E-state index contributed by atoms with van der Waals surface area (Å²) in [6.07, 6.45) is 0.378. The summed E-state index contributed by atoms with van der Waals surface area (Å²) < 4.78 is 5.28. The zero-order valence-electron chi connectivity index (χ0n) is 8.33. The molecule has 0 amide bonds. The summed E-state index contributed by atoms with van der Waals surface area (Å²) in [5, 5.41) is 0. The van der Waals surface area contributed by atoms with Gasteiger partial charge in [0.2, 0.25) is 0 Å². The second-order valence-corrected chi connectivity index (χ2v) is 3.36. The van der Waals surface area contributed by atoms with E-state index < -0.39 is 0 Å². The van der Waals surface area contributed by atoms with E-state index in [1.165, 1.54) is 0 Å². The molecular weight excluding hydrogens is 156 g/mol. The normalized spacial score (nSPS) is 11.3. The Labute approximate surface area is 74.1 Å². The molecule has 0 bridgehead atoms. The first-order valence-electron chi connectivity index (χ1n) is 4.12. The number of rotatable bonds is 5. The van der Waals surface area contributed by atoms with E-state index in [2.05, 4.69) is 5.43 Å². The molecule has 0 atom stereocenters. The van der Waals surface area contributed by atoms with Crippen molar-refractivity contribution < 1.29 is 14.1 Å². The highest BCUT2D eigenvalue weighted by atomic mass is 16.5. The van der Waals surface area contributed by atoms with Crippen molar-refractivity contribution in [3.05, 3.63) is 5.43 Å². The number of hydrogen-bond donors (Lipinski definition) is 0. The van der Waals surface area contributed by atoms with E-state index in [9.17, 15) is 4.79 Å². The molecule has 0 aromatic carbocycles. The van der Waals surface area contributed by atoms with Gasteiger partial charge in [0.1, 0.15) is 0 Å². The predicted octanol–water partition coefficient (Wildman–Crippen LogP) is 0.934. The molecule has 0 heterocycles. The number of esters is 1. The fourth-order valence-corrected chi connectivity index (χ4v) is 0.674. The lowest BCUT2D eigenvalue weighted by Crippen LogP contribution is -2.30. The maximum absolute atomic E-state index is 10.8. The number of carbonyl (C=O) groups excluding carboxylic acids is 1. The fraction of sp³-hybridized carbons (Fsp3) is 0.875. The van der Waals surface area contributed by atoms with Crippen molar-refractivity contribution >= 4 is 5.97 Å². The Bertz CT molecular complexity index is 140. The van der Waals surface area contributed by atoms with Crippen LogP contribution in [0.15, 0.2) is 0 Å². The van der Waals surface area contributed by atoms with E-state index in [1.807, 2.05) is 21.1 Å². The van der Waals surface area contributed by atoms with Crippen LogP contribution in [0.1, 0.15) is 13.3 Å². The van der Waals surface area contributed by atoms with Crippen LogP contribution < -0.4 is 0 Å². The molecule has 72 valence electrons. The second kappa shape index (κ2) is 5.11. The van der Waals surface area contributed by atoms with Crippen LogP contribution in [0.2, 0.25) is 0 Å². The lowest BCUT2D eigenvalue weighted by Gasteiger charge is -2.37. The minimum atomic E-state index is -0.172. The maximum Gasteiger partial charge on any atom is 0.304 e. The van der Waals surface area contributed by atoms with Crippen LogP contribution >= 0.6 is 0 Å². The molecule has 0 aliphatic rings. The number of ether oxygens (including phenoxy) is 1. The summed E-state index contributed by atoms with van der Waals surface area (Å²) in [6.45, 7) is 2.78. The molecule has 0 fully saturated rings. The molecule has 0 aliphatic heterocycles. The molecule has 0 N–H and O–H groups in total. The minimum absolute atomic E-state index is 0.172. The zero-order valence-corrected chi connectivity index (χ0v) is 8.33. The van der Waals surface area contributed by atoms with E-state index in [0.29, 0.717) is 24.2 Å². The van der Waals surface area contributed by atoms with Gasteiger partial charge in [-0.15, -0.1) is 0 Å². The number of nitrogens with zero attached hydrogens (tertiary/aromatic N) is 2. The van der Waals surface area contributed by atoms with E-state index >= 15 is 0 Å². The van der Waals surface area contributed by atoms with Gasteiger partial charge in [0.15, 0.2) is 0 Å². The van der Waals surface area contributed by atoms with Gasteiger partial charge in [-0.1, -0.05) is 6.54 Å². The maximum atomic E-state index is 10.8. The van der Waals surface area contributed by atoms with E-state index in [1.54, 1.807) is 6.92 Å². The van der Waals surface area contributed by atoms with Gasteiger partial charge in [0.25, 0.3) is 0 Å². The summed E-state index contributed by atoms with van der Waals surface area (Å²) in [6, 6.07) is 0. The first-order chi connectivity index (χ1) is 5.45. The highest BCUT2D eigenvalue weighted by molar-refractivity contribution is 5.69. The Kier molecular flexibility index (Phi) is 4.85. The lowest BCUT2D eigenvalue weighted by atomic mass is 10.4. The Morgan fingerprint density at radius 1 is 1.42 bits per heavy atom. The van der Waals surface area contributed by atoms with Gasteiger partial charge in [0.05, 0.1) is 27.7 Å². The van der Waals surface area contributed by atoms with Crippen LogP contribution in [0.5, 0.6) is 0 Å². The smallest absolute Gasteiger partial charge is 0.304 e. The van der Waals surface area contributed by atoms with Crippen molar-refractivity contribution in [1.29, 1.82) is 0 Å². The third-order valence-electron chi connectivity index (χ3n) is 1.15. The summed E-state index contributed by atoms with van der Waals surface area (Å²) in [4.78, 5) is 10.8. The third-order valence-corrected chi connectivity index (χ3v) is 1.15.